The molecule has 0 bridgehead atoms. The lowest BCUT2D eigenvalue weighted by molar-refractivity contribution is -0.135. The molecule has 0 fully saturated rings. The van der Waals surface area contributed by atoms with E-state index >= 15 is 0 Å². The monoisotopic (exact) mass is 255 g/mol. The number of carbonyl (C=O) groups is 1. The van der Waals surface area contributed by atoms with E-state index in [1.165, 1.54) is 6.08 Å². The fourth-order valence-corrected chi connectivity index (χ4v) is 2.02. The van der Waals surface area contributed by atoms with Crippen LogP contribution < -0.4 is 0 Å². The number of benzene rings is 2. The van der Waals surface area contributed by atoms with Gasteiger partial charge in [-0.1, -0.05) is 42.5 Å². The first-order chi connectivity index (χ1) is 8.72. The average molecular weight is 255 g/mol. The van der Waals surface area contributed by atoms with Gasteiger partial charge in [0.15, 0.2) is 5.76 Å². The molecule has 0 aromatic heterocycles. The first kappa shape index (κ1) is 12.4. The summed E-state index contributed by atoms with van der Waals surface area (Å²) in [5, 5.41) is 11.1. The van der Waals surface area contributed by atoms with Gasteiger partial charge in [-0.3, -0.25) is 0 Å². The van der Waals surface area contributed by atoms with Gasteiger partial charge in [-0.05, 0) is 28.8 Å². The molecule has 0 atom stereocenters. The van der Waals surface area contributed by atoms with Crippen LogP contribution in [0.25, 0.3) is 10.8 Å². The van der Waals surface area contributed by atoms with Crippen molar-refractivity contribution in [3.63, 3.8) is 0 Å². The number of hydrogen-bond acceptors (Lipinski definition) is 2. The Morgan fingerprint density at radius 3 is 2.67 bits per heavy atom. The third-order valence-electron chi connectivity index (χ3n) is 2.71. The van der Waals surface area contributed by atoms with Gasteiger partial charge < -0.3 is 9.53 Å². The van der Waals surface area contributed by atoms with Crippen molar-refractivity contribution in [3.05, 3.63) is 59.9 Å². The topological polar surface area (TPSA) is 46.5 Å². The summed E-state index contributed by atoms with van der Waals surface area (Å²) in [6.07, 6.45) is 2.05. The standard InChI is InChI=1S/C14H11O3Si/c15-14(16)13(17-18)9-8-11-6-3-5-10-4-1-2-7-12(10)11/h1-7,9H,8H2,(H,15,16). The van der Waals surface area contributed by atoms with E-state index < -0.39 is 5.97 Å². The van der Waals surface area contributed by atoms with Gasteiger partial charge in [-0.2, -0.15) is 0 Å². The van der Waals surface area contributed by atoms with Crippen LogP contribution in [-0.4, -0.2) is 21.6 Å². The Kier molecular flexibility index (Phi) is 3.79. The Labute approximate surface area is 108 Å². The maximum Gasteiger partial charge on any atom is 0.369 e. The van der Waals surface area contributed by atoms with Crippen molar-refractivity contribution in [1.29, 1.82) is 0 Å². The van der Waals surface area contributed by atoms with E-state index in [1.807, 2.05) is 42.5 Å². The quantitative estimate of drug-likeness (QED) is 0.518. The van der Waals surface area contributed by atoms with Crippen LogP contribution >= 0.6 is 0 Å². The van der Waals surface area contributed by atoms with E-state index in [2.05, 4.69) is 14.9 Å². The predicted octanol–water partition coefficient (Wildman–Crippen LogP) is 2.45. The molecule has 0 aliphatic carbocycles. The zero-order chi connectivity index (χ0) is 13.0. The molecular formula is C14H11O3Si. The highest BCUT2D eigenvalue weighted by atomic mass is 28.2. The molecule has 0 saturated heterocycles. The van der Waals surface area contributed by atoms with Crippen molar-refractivity contribution in [2.45, 2.75) is 6.42 Å². The van der Waals surface area contributed by atoms with E-state index in [9.17, 15) is 4.79 Å². The highest BCUT2D eigenvalue weighted by Gasteiger charge is 2.06. The Morgan fingerprint density at radius 1 is 1.22 bits per heavy atom. The molecule has 0 spiro atoms. The molecule has 4 heteroatoms. The molecule has 0 aliphatic heterocycles. The average Bonchev–Trinajstić information content (AvgIpc) is 2.39. The Balaban J connectivity index is 2.35. The van der Waals surface area contributed by atoms with Gasteiger partial charge in [0, 0.05) is 0 Å². The van der Waals surface area contributed by atoms with E-state index in [0.29, 0.717) is 6.42 Å². The van der Waals surface area contributed by atoms with Crippen LogP contribution in [0, 0.1) is 0 Å². The third kappa shape index (κ3) is 2.60. The van der Waals surface area contributed by atoms with E-state index in [1.54, 1.807) is 0 Å². The molecule has 2 aromatic carbocycles. The number of fused-ring (bicyclic) bond motifs is 1. The van der Waals surface area contributed by atoms with Crippen molar-refractivity contribution in [2.24, 2.45) is 0 Å². The van der Waals surface area contributed by atoms with Crippen LogP contribution in [0.3, 0.4) is 0 Å². The molecule has 1 N–H and O–H groups in total. The summed E-state index contributed by atoms with van der Waals surface area (Å²) in [6, 6.07) is 14.0. The SMILES string of the molecule is O=C(O)C(=CCc1cccc2ccccc12)O[Si]. The van der Waals surface area contributed by atoms with Crippen molar-refractivity contribution in [1.82, 2.24) is 0 Å². The molecule has 2 rings (SSSR count). The lowest BCUT2D eigenvalue weighted by atomic mass is 10.0. The molecule has 0 unspecified atom stereocenters. The molecular weight excluding hydrogens is 244 g/mol. The van der Waals surface area contributed by atoms with Crippen LogP contribution in [0.2, 0.25) is 0 Å². The first-order valence-electron chi connectivity index (χ1n) is 5.46. The van der Waals surface area contributed by atoms with E-state index in [-0.39, 0.29) is 5.76 Å². The third-order valence-corrected chi connectivity index (χ3v) is 2.93. The summed E-state index contributed by atoms with van der Waals surface area (Å²) in [7, 11) is 2.74. The lowest BCUT2D eigenvalue weighted by Crippen LogP contribution is -2.03. The van der Waals surface area contributed by atoms with Crippen molar-refractivity contribution in [3.8, 4) is 0 Å². The molecule has 89 valence electrons. The minimum Gasteiger partial charge on any atom is -0.536 e. The molecule has 3 nitrogen and oxygen atoms in total. The molecule has 2 aromatic rings. The Hall–Kier alpha value is -2.07. The van der Waals surface area contributed by atoms with Gasteiger partial charge >= 0.3 is 16.5 Å². The highest BCUT2D eigenvalue weighted by molar-refractivity contribution is 6.02. The first-order valence-corrected chi connectivity index (χ1v) is 5.87. The van der Waals surface area contributed by atoms with Crippen molar-refractivity contribution >= 4 is 27.2 Å². The maximum atomic E-state index is 10.8. The lowest BCUT2D eigenvalue weighted by Gasteiger charge is -2.05. The number of allylic oxidation sites excluding steroid dienone is 1. The van der Waals surface area contributed by atoms with Crippen molar-refractivity contribution < 1.29 is 14.3 Å². The summed E-state index contributed by atoms with van der Waals surface area (Å²) in [5.74, 6) is -1.20. The van der Waals surface area contributed by atoms with Gasteiger partial charge in [0.1, 0.15) is 0 Å². The minimum absolute atomic E-state index is 0.111. The second kappa shape index (κ2) is 5.51. The van der Waals surface area contributed by atoms with Gasteiger partial charge in [-0.25, -0.2) is 4.79 Å². The second-order valence-electron chi connectivity index (χ2n) is 3.82. The summed E-state index contributed by atoms with van der Waals surface area (Å²) >= 11 is 0. The molecule has 0 saturated carbocycles. The number of rotatable bonds is 4. The zero-order valence-electron chi connectivity index (χ0n) is 9.59. The van der Waals surface area contributed by atoms with Crippen LogP contribution in [-0.2, 0) is 15.6 Å². The Bertz CT molecular complexity index is 600. The van der Waals surface area contributed by atoms with Gasteiger partial charge in [0.25, 0.3) is 0 Å². The van der Waals surface area contributed by atoms with Crippen LogP contribution in [0.15, 0.2) is 54.3 Å². The maximum absolute atomic E-state index is 10.8. The van der Waals surface area contributed by atoms with Crippen LogP contribution in [0.4, 0.5) is 0 Å². The molecule has 0 heterocycles. The van der Waals surface area contributed by atoms with Crippen LogP contribution in [0.5, 0.6) is 0 Å². The van der Waals surface area contributed by atoms with Crippen molar-refractivity contribution in [2.75, 3.05) is 0 Å². The summed E-state index contributed by atoms with van der Waals surface area (Å²) in [5.41, 5.74) is 1.07. The fraction of sp³-hybridized carbons (Fsp3) is 0.0714. The zero-order valence-corrected chi connectivity index (χ0v) is 10.6. The number of aliphatic carboxylic acids is 1. The van der Waals surface area contributed by atoms with E-state index in [0.717, 1.165) is 16.3 Å². The van der Waals surface area contributed by atoms with Crippen LogP contribution in [0.1, 0.15) is 5.56 Å². The van der Waals surface area contributed by atoms with Gasteiger partial charge in [0.2, 0.25) is 0 Å². The second-order valence-corrected chi connectivity index (χ2v) is 4.02. The Morgan fingerprint density at radius 2 is 1.94 bits per heavy atom. The minimum atomic E-state index is -1.09. The fourth-order valence-electron chi connectivity index (χ4n) is 1.85. The number of hydrogen-bond donors (Lipinski definition) is 1. The molecule has 0 aliphatic rings. The van der Waals surface area contributed by atoms with E-state index in [4.69, 9.17) is 5.11 Å². The van der Waals surface area contributed by atoms with Gasteiger partial charge in [-0.15, -0.1) is 0 Å². The summed E-state index contributed by atoms with van der Waals surface area (Å²) in [4.78, 5) is 10.8. The molecule has 0 amide bonds. The predicted molar refractivity (Wildman–Crippen MR) is 70.2 cm³/mol. The highest BCUT2D eigenvalue weighted by Crippen LogP contribution is 2.19. The molecule has 18 heavy (non-hydrogen) atoms. The smallest absolute Gasteiger partial charge is 0.369 e. The van der Waals surface area contributed by atoms with Gasteiger partial charge in [0.05, 0.1) is 0 Å². The normalized spacial score (nSPS) is 11.5. The number of carboxylic acids is 1. The molecule has 3 radical (unpaired) electrons. The largest absolute Gasteiger partial charge is 0.536 e. The number of carboxylic acid groups (broad SMARTS) is 1. The summed E-state index contributed by atoms with van der Waals surface area (Å²) < 4.78 is 4.61. The summed E-state index contributed by atoms with van der Waals surface area (Å²) in [6.45, 7) is 0.